The van der Waals surface area contributed by atoms with Gasteiger partial charge in [0.05, 0.1) is 33.3 Å². The van der Waals surface area contributed by atoms with Gasteiger partial charge in [-0.25, -0.2) is 0 Å². The fourth-order valence-electron chi connectivity index (χ4n) is 4.23. The molecule has 5 aromatic rings. The largest absolute Gasteiger partial charge is 1.00 e. The molecule has 0 heterocycles. The third-order valence-electron chi connectivity index (χ3n) is 6.52. The van der Waals surface area contributed by atoms with Crippen LogP contribution in [-0.2, 0) is 20.2 Å². The van der Waals surface area contributed by atoms with Crippen molar-refractivity contribution in [2.24, 2.45) is 25.4 Å². The molecule has 0 fully saturated rings. The molecule has 0 spiro atoms. The van der Waals surface area contributed by atoms with Crippen molar-refractivity contribution >= 4 is 71.0 Å². The van der Waals surface area contributed by atoms with Crippen molar-refractivity contribution in [2.75, 3.05) is 5.73 Å². The Labute approximate surface area is 319 Å². The molecule has 48 heavy (non-hydrogen) atoms. The summed E-state index contributed by atoms with van der Waals surface area (Å²) in [6, 6.07) is 20.9. The van der Waals surface area contributed by atoms with E-state index in [1.54, 1.807) is 19.1 Å². The molecule has 0 atom stereocenters. The third-order valence-corrected chi connectivity index (χ3v) is 8.23. The first-order chi connectivity index (χ1) is 21.7. The summed E-state index contributed by atoms with van der Waals surface area (Å²) in [7, 11) is -9.36. The van der Waals surface area contributed by atoms with Crippen molar-refractivity contribution in [1.82, 2.24) is 0 Å². The van der Waals surface area contributed by atoms with Gasteiger partial charge in [0.15, 0.2) is 0 Å². The minimum Gasteiger partial charge on any atom is -0.871 e. The van der Waals surface area contributed by atoms with E-state index in [9.17, 15) is 36.2 Å². The van der Waals surface area contributed by atoms with E-state index in [0.717, 1.165) is 12.1 Å². The van der Waals surface area contributed by atoms with E-state index in [1.807, 2.05) is 0 Å². The standard InChI is InChI=1S/C30H24N6O8S2.2Na/c1-17-13-23(10-12-26(17)35-33-22-3-2-4-24(16-22)45(39,40)41)34-36-28-27(46(42,43)44)15-19-14-21(9-11-25(19)29(28)37)32-30(38)18-5-7-20(31)8-6-18;;/h2-16,37H,31H2,1H3,(H,32,38)(H,39,40,41)(H,42,43,44);;/q;2*+1/p-2. The zero-order valence-corrected chi connectivity index (χ0v) is 31.3. The van der Waals surface area contributed by atoms with Gasteiger partial charge in [0.25, 0.3) is 20.2 Å². The van der Waals surface area contributed by atoms with Gasteiger partial charge in [-0.05, 0) is 101 Å². The van der Waals surface area contributed by atoms with Crippen LogP contribution in [0.3, 0.4) is 0 Å². The van der Waals surface area contributed by atoms with Crippen LogP contribution in [0.1, 0.15) is 11.1 Å². The molecule has 0 bridgehead atoms. The van der Waals surface area contributed by atoms with Gasteiger partial charge in [0.1, 0.15) is 4.90 Å². The number of benzene rings is 5. The summed E-state index contributed by atoms with van der Waals surface area (Å²) >= 11 is 0. The van der Waals surface area contributed by atoms with Crippen LogP contribution < -0.4 is 75.1 Å². The van der Waals surface area contributed by atoms with Crippen molar-refractivity contribution in [3.8, 4) is 5.75 Å². The Morgan fingerprint density at radius 3 is 2.02 bits per heavy atom. The normalized spacial score (nSPS) is 12.3. The van der Waals surface area contributed by atoms with E-state index in [-0.39, 0.29) is 97.4 Å². The predicted molar refractivity (Wildman–Crippen MR) is 166 cm³/mol. The van der Waals surface area contributed by atoms with E-state index in [1.165, 1.54) is 66.7 Å². The summed E-state index contributed by atoms with van der Waals surface area (Å²) in [6.45, 7) is 1.67. The van der Waals surface area contributed by atoms with Gasteiger partial charge in [0.2, 0.25) is 0 Å². The van der Waals surface area contributed by atoms with E-state index in [0.29, 0.717) is 16.9 Å². The Kier molecular flexibility index (Phi) is 12.8. The van der Waals surface area contributed by atoms with Gasteiger partial charge in [-0.1, -0.05) is 30.0 Å². The van der Waals surface area contributed by atoms with Crippen molar-refractivity contribution in [3.63, 3.8) is 0 Å². The SMILES string of the molecule is Cc1cc(N=Nc2c(S(=O)(=O)O)cc3cc(N=C([O-])c4ccc(N)cc4)ccc3c2[O-])ccc1N=Nc1cccc(S(=O)(=O)O)c1.[Na+].[Na+]. The van der Waals surface area contributed by atoms with Crippen LogP contribution in [0, 0.1) is 6.92 Å². The fraction of sp³-hybridized carbons (Fsp3) is 0.0333. The molecular formula is C30H22N6Na2O8S2. The Morgan fingerprint density at radius 1 is 0.729 bits per heavy atom. The van der Waals surface area contributed by atoms with Gasteiger partial charge in [0, 0.05) is 5.69 Å². The predicted octanol–water partition coefficient (Wildman–Crippen LogP) is -0.425. The molecule has 0 aliphatic carbocycles. The van der Waals surface area contributed by atoms with Gasteiger partial charge < -0.3 is 15.9 Å². The number of aliphatic imine (C=N–C) groups is 1. The molecule has 0 aromatic heterocycles. The van der Waals surface area contributed by atoms with Crippen molar-refractivity contribution < 1.29 is 95.3 Å². The van der Waals surface area contributed by atoms with Crippen molar-refractivity contribution in [2.45, 2.75) is 16.7 Å². The Hall–Kier alpha value is -3.55. The maximum atomic E-state index is 13.3. The summed E-state index contributed by atoms with van der Waals surface area (Å²) in [5, 5.41) is 41.9. The molecule has 0 radical (unpaired) electrons. The first kappa shape index (κ1) is 38.9. The molecule has 0 saturated carbocycles. The summed E-state index contributed by atoms with van der Waals surface area (Å²) in [5.74, 6) is -1.42. The second kappa shape index (κ2) is 15.8. The monoisotopic (exact) mass is 704 g/mol. The van der Waals surface area contributed by atoms with Crippen molar-refractivity contribution in [3.05, 3.63) is 102 Å². The molecular weight excluding hydrogens is 682 g/mol. The molecule has 0 aliphatic rings. The number of hydrogen-bond donors (Lipinski definition) is 3. The number of fused-ring (bicyclic) bond motifs is 1. The minimum absolute atomic E-state index is 0. The van der Waals surface area contributed by atoms with Crippen molar-refractivity contribution in [1.29, 1.82) is 0 Å². The number of nitrogens with zero attached hydrogens (tertiary/aromatic N) is 5. The maximum absolute atomic E-state index is 13.3. The first-order valence-electron chi connectivity index (χ1n) is 13.1. The number of hydrogen-bond acceptors (Lipinski definition) is 12. The average molecular weight is 705 g/mol. The van der Waals surface area contributed by atoms with E-state index >= 15 is 0 Å². The van der Waals surface area contributed by atoms with Crippen LogP contribution in [-0.4, -0.2) is 31.8 Å². The van der Waals surface area contributed by atoms with Crippen LogP contribution in [0.4, 0.5) is 34.1 Å². The van der Waals surface area contributed by atoms with Crippen LogP contribution >= 0.6 is 0 Å². The zero-order chi connectivity index (χ0) is 33.2. The Bertz CT molecular complexity index is 2320. The molecule has 5 aromatic carbocycles. The van der Waals surface area contributed by atoms with E-state index in [4.69, 9.17) is 5.73 Å². The van der Waals surface area contributed by atoms with Crippen LogP contribution in [0.5, 0.6) is 5.75 Å². The number of rotatable bonds is 8. The van der Waals surface area contributed by atoms with E-state index < -0.39 is 42.5 Å². The summed E-state index contributed by atoms with van der Waals surface area (Å²) in [4.78, 5) is 2.88. The number of nitrogens with two attached hydrogens (primary N) is 1. The smallest absolute Gasteiger partial charge is 0.871 e. The number of nitrogen functional groups attached to an aromatic ring is 1. The Morgan fingerprint density at radius 2 is 1.38 bits per heavy atom. The molecule has 5 rings (SSSR count). The van der Waals surface area contributed by atoms with Gasteiger partial charge in [-0.15, -0.1) is 5.11 Å². The quantitative estimate of drug-likeness (QED) is 0.0473. The zero-order valence-electron chi connectivity index (χ0n) is 25.6. The van der Waals surface area contributed by atoms with Gasteiger partial charge in [-0.2, -0.15) is 32.2 Å². The maximum Gasteiger partial charge on any atom is 1.00 e. The van der Waals surface area contributed by atoms with E-state index in [2.05, 4.69) is 25.4 Å². The molecule has 4 N–H and O–H groups in total. The minimum atomic E-state index is -4.94. The molecule has 14 nitrogen and oxygen atoms in total. The number of azo groups is 2. The number of anilines is 1. The molecule has 18 heteroatoms. The molecule has 234 valence electrons. The second-order valence-electron chi connectivity index (χ2n) is 9.82. The summed E-state index contributed by atoms with van der Waals surface area (Å²) in [5.41, 5.74) is 7.20. The fourth-order valence-corrected chi connectivity index (χ4v) is 5.41. The second-order valence-corrected chi connectivity index (χ2v) is 12.6. The van der Waals surface area contributed by atoms with Gasteiger partial charge >= 0.3 is 59.1 Å². The molecule has 0 amide bonds. The average Bonchev–Trinajstić information content (AvgIpc) is 2.99. The van der Waals surface area contributed by atoms with Gasteiger partial charge in [-0.3, -0.25) is 14.1 Å². The van der Waals surface area contributed by atoms with Crippen LogP contribution in [0.25, 0.3) is 10.8 Å². The molecule has 0 aliphatic heterocycles. The Balaban J connectivity index is 0.00000312. The van der Waals surface area contributed by atoms with Crippen LogP contribution in [0.15, 0.2) is 126 Å². The topological polar surface area (TPSA) is 243 Å². The molecule has 0 unspecified atom stereocenters. The number of aryl methyl sites for hydroxylation is 1. The summed E-state index contributed by atoms with van der Waals surface area (Å²) in [6.07, 6.45) is 0. The first-order valence-corrected chi connectivity index (χ1v) is 16.0. The summed E-state index contributed by atoms with van der Waals surface area (Å²) < 4.78 is 66.3. The third kappa shape index (κ3) is 9.32. The molecule has 0 saturated heterocycles. The van der Waals surface area contributed by atoms with Crippen LogP contribution in [0.2, 0.25) is 0 Å².